The van der Waals surface area contributed by atoms with Gasteiger partial charge in [0.2, 0.25) is 0 Å². The molecular weight excluding hydrogens is 1000 g/mol. The minimum absolute atomic E-state index is 0.575. The van der Waals surface area contributed by atoms with Crippen molar-refractivity contribution in [3.05, 3.63) is 354 Å². The highest BCUT2D eigenvalue weighted by Gasteiger charge is 2.51. The van der Waals surface area contributed by atoms with Crippen molar-refractivity contribution in [3.63, 3.8) is 0 Å². The Hall–Kier alpha value is -10.7. The largest absolute Gasteiger partial charge is 0.310 e. The molecule has 3 heteroatoms. The lowest BCUT2D eigenvalue weighted by atomic mass is 9.65. The number of hydrogen-bond acceptors (Lipinski definition) is 1. The van der Waals surface area contributed by atoms with Crippen molar-refractivity contribution >= 4 is 60.7 Å². The molecule has 18 rings (SSSR count). The van der Waals surface area contributed by atoms with E-state index in [0.717, 1.165) is 28.3 Å². The van der Waals surface area contributed by atoms with Gasteiger partial charge < -0.3 is 14.0 Å². The third-order valence-electron chi connectivity index (χ3n) is 18.8. The molecule has 0 bridgehead atoms. The Morgan fingerprint density at radius 1 is 0.253 bits per heavy atom. The van der Waals surface area contributed by atoms with E-state index in [0.29, 0.717) is 0 Å². The molecule has 0 amide bonds. The third kappa shape index (κ3) is 6.18. The van der Waals surface area contributed by atoms with Crippen LogP contribution in [-0.4, -0.2) is 9.13 Å². The first-order chi connectivity index (χ1) is 41.2. The molecule has 2 aromatic heterocycles. The number of anilines is 3. The second-order valence-corrected chi connectivity index (χ2v) is 22.7. The molecule has 3 aliphatic rings. The Balaban J connectivity index is 0.878. The molecule has 3 nitrogen and oxygen atoms in total. The van der Waals surface area contributed by atoms with E-state index in [1.807, 2.05) is 0 Å². The van der Waals surface area contributed by atoms with Gasteiger partial charge in [-0.25, -0.2) is 0 Å². The lowest BCUT2D eigenvalue weighted by molar-refractivity contribution is 0.748. The standard InChI is InChI=1S/C80H51N3/c1-4-21-54(22-5-1)79(55-23-6-2-7-24-55)68-32-14-10-27-60(68)62-46-44-58(50-72(62)79)81(57-42-39-52(40-43-57)53-41-48-76-67(49-53)65-30-13-17-36-74(65)82(76)56-25-8-3-9-26-56)59-45-47-63-61-28-11-15-33-69(61)80(73(63)51-59)70-34-16-19-38-77(70)83-75-37-18-12-29-64(75)66-31-20-35-71(80)78(66)83/h1-51H. The van der Waals surface area contributed by atoms with Crippen molar-refractivity contribution in [2.24, 2.45) is 0 Å². The van der Waals surface area contributed by atoms with E-state index in [4.69, 9.17) is 0 Å². The number of rotatable bonds is 7. The zero-order valence-corrected chi connectivity index (χ0v) is 45.3. The monoisotopic (exact) mass is 1050 g/mol. The lowest BCUT2D eigenvalue weighted by Gasteiger charge is -2.40. The summed E-state index contributed by atoms with van der Waals surface area (Å²) in [6.07, 6.45) is 0. The molecule has 0 N–H and O–H groups in total. The summed E-state index contributed by atoms with van der Waals surface area (Å²) in [5.41, 5.74) is 27.0. The minimum Gasteiger partial charge on any atom is -0.310 e. The highest BCUT2D eigenvalue weighted by atomic mass is 15.1. The van der Waals surface area contributed by atoms with Crippen LogP contribution < -0.4 is 4.90 Å². The predicted octanol–water partition coefficient (Wildman–Crippen LogP) is 20.1. The van der Waals surface area contributed by atoms with Crippen LogP contribution in [0.1, 0.15) is 44.5 Å². The fraction of sp³-hybridized carbons (Fsp3) is 0.0250. The number of aromatic nitrogens is 2. The SMILES string of the molecule is c1ccc(-n2c3ccccc3c3cc(-c4ccc(N(c5ccc6c(c5)C(c5ccccc5)(c5ccccc5)c5ccccc5-6)c5ccc6c(c5)C5(c7ccccc7-6)c6ccccc6-n6c7ccccc7c7cccc5c76)cc4)ccc32)cc1. The Morgan fingerprint density at radius 3 is 1.37 bits per heavy atom. The van der Waals surface area contributed by atoms with Gasteiger partial charge in [-0.15, -0.1) is 0 Å². The van der Waals surface area contributed by atoms with Crippen LogP contribution in [-0.2, 0) is 10.8 Å². The van der Waals surface area contributed by atoms with Crippen LogP contribution in [0.5, 0.6) is 0 Å². The summed E-state index contributed by atoms with van der Waals surface area (Å²) in [5.74, 6) is 0. The molecule has 1 unspecified atom stereocenters. The average Bonchev–Trinajstić information content (AvgIpc) is 2.35. The van der Waals surface area contributed by atoms with Gasteiger partial charge in [-0.3, -0.25) is 0 Å². The van der Waals surface area contributed by atoms with Crippen LogP contribution >= 0.6 is 0 Å². The van der Waals surface area contributed by atoms with E-state index < -0.39 is 10.8 Å². The van der Waals surface area contributed by atoms with Crippen molar-refractivity contribution < 1.29 is 0 Å². The molecule has 0 saturated heterocycles. The van der Waals surface area contributed by atoms with E-state index in [1.165, 1.54) is 122 Å². The molecule has 15 aromatic rings. The van der Waals surface area contributed by atoms with Crippen molar-refractivity contribution in [3.8, 4) is 44.8 Å². The molecule has 13 aromatic carbocycles. The van der Waals surface area contributed by atoms with Crippen LogP contribution in [0.4, 0.5) is 17.1 Å². The van der Waals surface area contributed by atoms with Gasteiger partial charge in [0.25, 0.3) is 0 Å². The molecule has 3 heterocycles. The second-order valence-electron chi connectivity index (χ2n) is 22.7. The fourth-order valence-electron chi connectivity index (χ4n) is 15.5. The highest BCUT2D eigenvalue weighted by Crippen LogP contribution is 2.63. The van der Waals surface area contributed by atoms with Crippen molar-refractivity contribution in [2.45, 2.75) is 10.8 Å². The van der Waals surface area contributed by atoms with Crippen LogP contribution in [0.25, 0.3) is 88.4 Å². The summed E-state index contributed by atoms with van der Waals surface area (Å²) in [5, 5.41) is 5.02. The maximum atomic E-state index is 2.54. The zero-order valence-electron chi connectivity index (χ0n) is 45.3. The lowest BCUT2D eigenvalue weighted by Crippen LogP contribution is -2.33. The first-order valence-electron chi connectivity index (χ1n) is 28.9. The number of benzene rings is 13. The quantitative estimate of drug-likeness (QED) is 0.155. The second kappa shape index (κ2) is 17.4. The molecule has 1 aliphatic heterocycles. The van der Waals surface area contributed by atoms with Crippen molar-refractivity contribution in [2.75, 3.05) is 4.90 Å². The van der Waals surface area contributed by atoms with Gasteiger partial charge in [0.1, 0.15) is 0 Å². The maximum absolute atomic E-state index is 2.54. The van der Waals surface area contributed by atoms with Gasteiger partial charge in [-0.1, -0.05) is 231 Å². The first-order valence-corrected chi connectivity index (χ1v) is 28.9. The molecule has 0 fully saturated rings. The van der Waals surface area contributed by atoms with Gasteiger partial charge in [0.15, 0.2) is 0 Å². The summed E-state index contributed by atoms with van der Waals surface area (Å²) in [4.78, 5) is 2.52. The summed E-state index contributed by atoms with van der Waals surface area (Å²) < 4.78 is 4.92. The Bertz CT molecular complexity index is 5110. The van der Waals surface area contributed by atoms with E-state index >= 15 is 0 Å². The average molecular weight is 1050 g/mol. The van der Waals surface area contributed by atoms with Crippen LogP contribution in [0.15, 0.2) is 309 Å². The number of hydrogen-bond donors (Lipinski definition) is 0. The Labute approximate surface area is 481 Å². The van der Waals surface area contributed by atoms with Gasteiger partial charge in [-0.2, -0.15) is 0 Å². The molecule has 1 atom stereocenters. The van der Waals surface area contributed by atoms with E-state index in [-0.39, 0.29) is 0 Å². The molecule has 83 heavy (non-hydrogen) atoms. The van der Waals surface area contributed by atoms with Crippen molar-refractivity contribution in [1.29, 1.82) is 0 Å². The summed E-state index contributed by atoms with van der Waals surface area (Å²) >= 11 is 0. The highest BCUT2D eigenvalue weighted by molar-refractivity contribution is 6.13. The van der Waals surface area contributed by atoms with Gasteiger partial charge >= 0.3 is 0 Å². The van der Waals surface area contributed by atoms with Gasteiger partial charge in [-0.05, 0) is 157 Å². The maximum Gasteiger partial charge on any atom is 0.0755 e. The number of para-hydroxylation sites is 5. The number of fused-ring (bicyclic) bond motifs is 18. The zero-order chi connectivity index (χ0) is 54.4. The first kappa shape index (κ1) is 46.1. The summed E-state index contributed by atoms with van der Waals surface area (Å²) in [6.45, 7) is 0. The molecule has 0 radical (unpaired) electrons. The van der Waals surface area contributed by atoms with Crippen LogP contribution in [0.3, 0.4) is 0 Å². The molecule has 2 aliphatic carbocycles. The Kier molecular flexibility index (Phi) is 9.64. The molecule has 386 valence electrons. The van der Waals surface area contributed by atoms with Gasteiger partial charge in [0.05, 0.1) is 38.6 Å². The molecular formula is C80H51N3. The third-order valence-corrected chi connectivity index (χ3v) is 18.8. The summed E-state index contributed by atoms with van der Waals surface area (Å²) in [6, 6.07) is 116. The predicted molar refractivity (Wildman–Crippen MR) is 343 cm³/mol. The summed E-state index contributed by atoms with van der Waals surface area (Å²) in [7, 11) is 0. The van der Waals surface area contributed by atoms with Gasteiger partial charge in [0, 0.05) is 44.3 Å². The number of nitrogens with zero attached hydrogens (tertiary/aromatic N) is 3. The minimum atomic E-state index is -0.616. The molecule has 0 saturated carbocycles. The fourth-order valence-corrected chi connectivity index (χ4v) is 15.5. The topological polar surface area (TPSA) is 13.1 Å². The van der Waals surface area contributed by atoms with E-state index in [1.54, 1.807) is 0 Å². The smallest absolute Gasteiger partial charge is 0.0755 e. The Morgan fingerprint density at radius 2 is 0.711 bits per heavy atom. The molecule has 1 spiro atoms. The van der Waals surface area contributed by atoms with E-state index in [2.05, 4.69) is 323 Å². The van der Waals surface area contributed by atoms with Crippen LogP contribution in [0, 0.1) is 0 Å². The van der Waals surface area contributed by atoms with E-state index in [9.17, 15) is 0 Å². The van der Waals surface area contributed by atoms with Crippen molar-refractivity contribution in [1.82, 2.24) is 9.13 Å². The van der Waals surface area contributed by atoms with Crippen LogP contribution in [0.2, 0.25) is 0 Å². The normalized spacial score (nSPS) is 14.9.